The average molecular weight is 174 g/mol. The third kappa shape index (κ3) is 1.74. The Kier molecular flexibility index (Phi) is 2.23. The van der Waals surface area contributed by atoms with Crippen molar-refractivity contribution < 1.29 is 0 Å². The second-order valence-electron chi connectivity index (χ2n) is 2.79. The summed E-state index contributed by atoms with van der Waals surface area (Å²) in [6.07, 6.45) is 1.06. The van der Waals surface area contributed by atoms with E-state index in [1.165, 1.54) is 11.1 Å². The van der Waals surface area contributed by atoms with Crippen molar-refractivity contribution in [2.24, 2.45) is 0 Å². The van der Waals surface area contributed by atoms with Crippen LogP contribution in [0.3, 0.4) is 0 Å². The molecule has 0 unspecified atom stereocenters. The zero-order valence-electron chi connectivity index (χ0n) is 6.73. The Morgan fingerprint density at radius 1 is 0.917 bits per heavy atom. The predicted octanol–water partition coefficient (Wildman–Crippen LogP) is 3.34. The van der Waals surface area contributed by atoms with Gasteiger partial charge in [-0.2, -0.15) is 11.3 Å². The molecular weight excluding hydrogens is 164 g/mol. The molecule has 1 aromatic carbocycles. The van der Waals surface area contributed by atoms with Crippen LogP contribution in [0.4, 0.5) is 0 Å². The number of benzene rings is 1. The Balaban J connectivity index is 2.15. The van der Waals surface area contributed by atoms with Crippen LogP contribution in [0.1, 0.15) is 11.1 Å². The molecular formula is C11H10S. The van der Waals surface area contributed by atoms with Crippen molar-refractivity contribution in [3.05, 3.63) is 58.3 Å². The maximum atomic E-state index is 2.20. The van der Waals surface area contributed by atoms with E-state index in [9.17, 15) is 0 Å². The molecule has 0 bridgehead atoms. The summed E-state index contributed by atoms with van der Waals surface area (Å²) >= 11 is 1.76. The molecule has 0 atom stereocenters. The molecule has 0 amide bonds. The van der Waals surface area contributed by atoms with E-state index < -0.39 is 0 Å². The minimum Gasteiger partial charge on any atom is -0.152 e. The minimum atomic E-state index is 1.06. The summed E-state index contributed by atoms with van der Waals surface area (Å²) in [5, 5.41) is 4.32. The monoisotopic (exact) mass is 174 g/mol. The van der Waals surface area contributed by atoms with Crippen LogP contribution in [0.5, 0.6) is 0 Å². The number of rotatable bonds is 2. The lowest BCUT2D eigenvalue weighted by molar-refractivity contribution is 1.21. The predicted molar refractivity (Wildman–Crippen MR) is 53.6 cm³/mol. The first-order chi connectivity index (χ1) is 5.95. The van der Waals surface area contributed by atoms with Gasteiger partial charge in [-0.05, 0) is 34.4 Å². The largest absolute Gasteiger partial charge is 0.152 e. The third-order valence-electron chi connectivity index (χ3n) is 1.83. The molecule has 0 nitrogen and oxygen atoms in total. The van der Waals surface area contributed by atoms with Crippen molar-refractivity contribution in [1.82, 2.24) is 0 Å². The Bertz CT molecular complexity index is 321. The van der Waals surface area contributed by atoms with Gasteiger partial charge in [0.05, 0.1) is 0 Å². The van der Waals surface area contributed by atoms with E-state index >= 15 is 0 Å². The van der Waals surface area contributed by atoms with Crippen LogP contribution < -0.4 is 0 Å². The molecule has 0 saturated heterocycles. The Labute approximate surface area is 76.5 Å². The van der Waals surface area contributed by atoms with Gasteiger partial charge in [-0.25, -0.2) is 0 Å². The molecule has 0 N–H and O–H groups in total. The Morgan fingerprint density at radius 3 is 2.42 bits per heavy atom. The van der Waals surface area contributed by atoms with E-state index in [1.54, 1.807) is 11.3 Å². The molecule has 0 fully saturated rings. The van der Waals surface area contributed by atoms with Gasteiger partial charge in [0.1, 0.15) is 0 Å². The quantitative estimate of drug-likeness (QED) is 0.655. The first kappa shape index (κ1) is 7.56. The summed E-state index contributed by atoms with van der Waals surface area (Å²) in [4.78, 5) is 0. The molecule has 1 heterocycles. The van der Waals surface area contributed by atoms with Crippen molar-refractivity contribution in [2.45, 2.75) is 6.42 Å². The molecule has 0 radical (unpaired) electrons. The maximum absolute atomic E-state index is 2.20. The van der Waals surface area contributed by atoms with Crippen LogP contribution in [0, 0.1) is 0 Å². The first-order valence-electron chi connectivity index (χ1n) is 4.00. The SMILES string of the molecule is c1ccc(Cc2ccsc2)cc1. The highest BCUT2D eigenvalue weighted by molar-refractivity contribution is 7.07. The zero-order valence-corrected chi connectivity index (χ0v) is 7.55. The molecule has 0 aliphatic carbocycles. The normalized spacial score (nSPS) is 10.0. The first-order valence-corrected chi connectivity index (χ1v) is 4.94. The fourth-order valence-electron chi connectivity index (χ4n) is 1.22. The highest BCUT2D eigenvalue weighted by Gasteiger charge is 1.93. The fourth-order valence-corrected chi connectivity index (χ4v) is 1.89. The summed E-state index contributed by atoms with van der Waals surface area (Å²) in [5.74, 6) is 0. The summed E-state index contributed by atoms with van der Waals surface area (Å²) in [6, 6.07) is 12.7. The lowest BCUT2D eigenvalue weighted by atomic mass is 10.1. The van der Waals surface area contributed by atoms with Gasteiger partial charge in [0.15, 0.2) is 0 Å². The van der Waals surface area contributed by atoms with Crippen molar-refractivity contribution >= 4 is 11.3 Å². The highest BCUT2D eigenvalue weighted by Crippen LogP contribution is 2.11. The molecule has 0 saturated carbocycles. The third-order valence-corrected chi connectivity index (χ3v) is 2.56. The van der Waals surface area contributed by atoms with Gasteiger partial charge in [0.25, 0.3) is 0 Å². The van der Waals surface area contributed by atoms with Gasteiger partial charge < -0.3 is 0 Å². The van der Waals surface area contributed by atoms with E-state index in [0.29, 0.717) is 0 Å². The van der Waals surface area contributed by atoms with Crippen molar-refractivity contribution in [2.75, 3.05) is 0 Å². The molecule has 0 spiro atoms. The van der Waals surface area contributed by atoms with Crippen LogP contribution >= 0.6 is 11.3 Å². The van der Waals surface area contributed by atoms with E-state index in [0.717, 1.165) is 6.42 Å². The zero-order chi connectivity index (χ0) is 8.23. The van der Waals surface area contributed by atoms with Crippen molar-refractivity contribution in [3.63, 3.8) is 0 Å². The molecule has 2 aromatic rings. The molecule has 12 heavy (non-hydrogen) atoms. The molecule has 1 heteroatoms. The summed E-state index contributed by atoms with van der Waals surface area (Å²) < 4.78 is 0. The Hall–Kier alpha value is -1.08. The van der Waals surface area contributed by atoms with Gasteiger partial charge in [-0.1, -0.05) is 30.3 Å². The van der Waals surface area contributed by atoms with Crippen molar-refractivity contribution in [3.8, 4) is 0 Å². The molecule has 60 valence electrons. The number of thiophene rings is 1. The van der Waals surface area contributed by atoms with Crippen LogP contribution in [0.25, 0.3) is 0 Å². The van der Waals surface area contributed by atoms with Crippen LogP contribution in [0.15, 0.2) is 47.2 Å². The van der Waals surface area contributed by atoms with E-state index in [1.807, 2.05) is 0 Å². The molecule has 0 aliphatic heterocycles. The van der Waals surface area contributed by atoms with Gasteiger partial charge in [-0.15, -0.1) is 0 Å². The molecule has 1 aromatic heterocycles. The lowest BCUT2D eigenvalue weighted by Gasteiger charge is -1.96. The number of hydrogen-bond acceptors (Lipinski definition) is 1. The second kappa shape index (κ2) is 3.55. The van der Waals surface area contributed by atoms with E-state index in [-0.39, 0.29) is 0 Å². The summed E-state index contributed by atoms with van der Waals surface area (Å²) in [7, 11) is 0. The van der Waals surface area contributed by atoms with Gasteiger partial charge in [-0.3, -0.25) is 0 Å². The summed E-state index contributed by atoms with van der Waals surface area (Å²) in [5.41, 5.74) is 2.79. The topological polar surface area (TPSA) is 0 Å². The van der Waals surface area contributed by atoms with Crippen molar-refractivity contribution in [1.29, 1.82) is 0 Å². The van der Waals surface area contributed by atoms with Gasteiger partial charge in [0, 0.05) is 0 Å². The average Bonchev–Trinajstić information content (AvgIpc) is 2.59. The van der Waals surface area contributed by atoms with Crippen LogP contribution in [0.2, 0.25) is 0 Å². The maximum Gasteiger partial charge on any atom is -0.00175 e. The Morgan fingerprint density at radius 2 is 1.75 bits per heavy atom. The standard InChI is InChI=1S/C11H10S/c1-2-4-10(5-3-1)8-11-6-7-12-9-11/h1-7,9H,8H2. The van der Waals surface area contributed by atoms with Crippen LogP contribution in [-0.2, 0) is 6.42 Å². The lowest BCUT2D eigenvalue weighted by Crippen LogP contribution is -1.82. The summed E-state index contributed by atoms with van der Waals surface area (Å²) in [6.45, 7) is 0. The van der Waals surface area contributed by atoms with Crippen LogP contribution in [-0.4, -0.2) is 0 Å². The second-order valence-corrected chi connectivity index (χ2v) is 3.57. The minimum absolute atomic E-state index is 1.06. The molecule has 0 aliphatic rings. The van der Waals surface area contributed by atoms with E-state index in [4.69, 9.17) is 0 Å². The highest BCUT2D eigenvalue weighted by atomic mass is 32.1. The van der Waals surface area contributed by atoms with Gasteiger partial charge >= 0.3 is 0 Å². The smallest absolute Gasteiger partial charge is 0.00175 e. The fraction of sp³-hybridized carbons (Fsp3) is 0.0909. The van der Waals surface area contributed by atoms with E-state index in [2.05, 4.69) is 47.2 Å². The van der Waals surface area contributed by atoms with Gasteiger partial charge in [0.2, 0.25) is 0 Å². The number of hydrogen-bond donors (Lipinski definition) is 0. The molecule has 2 rings (SSSR count).